The molecule has 3 aromatic heterocycles. The van der Waals surface area contributed by atoms with Gasteiger partial charge in [-0.3, -0.25) is 24.1 Å². The van der Waals surface area contributed by atoms with E-state index >= 15 is 0 Å². The summed E-state index contributed by atoms with van der Waals surface area (Å²) < 4.78 is 1.53. The summed E-state index contributed by atoms with van der Waals surface area (Å²) >= 11 is 0. The Morgan fingerprint density at radius 3 is 2.64 bits per heavy atom. The van der Waals surface area contributed by atoms with Crippen LogP contribution < -0.4 is 16.6 Å². The Morgan fingerprint density at radius 2 is 1.82 bits per heavy atom. The molecule has 0 saturated heterocycles. The summed E-state index contributed by atoms with van der Waals surface area (Å²) in [5.41, 5.74) is 10.2. The van der Waals surface area contributed by atoms with E-state index in [1.54, 1.807) is 24.7 Å². The monoisotopic (exact) mass is 518 g/mol. The first kappa shape index (κ1) is 25.8. The number of hydrogen-bond acceptors (Lipinski definition) is 6. The number of rotatable bonds is 9. The highest BCUT2D eigenvalue weighted by atomic mass is 16.2. The number of anilines is 1. The molecule has 2 aromatic carbocycles. The van der Waals surface area contributed by atoms with Crippen molar-refractivity contribution in [1.29, 1.82) is 0 Å². The highest BCUT2D eigenvalue weighted by Crippen LogP contribution is 2.27. The zero-order valence-corrected chi connectivity index (χ0v) is 21.8. The second kappa shape index (κ2) is 11.7. The number of aromatic nitrogens is 4. The van der Waals surface area contributed by atoms with Crippen molar-refractivity contribution in [2.75, 3.05) is 5.73 Å². The largest absolute Gasteiger partial charge is 0.384 e. The summed E-state index contributed by atoms with van der Waals surface area (Å²) in [7, 11) is 0. The third-order valence-corrected chi connectivity index (χ3v) is 6.80. The lowest BCUT2D eigenvalue weighted by Crippen LogP contribution is -2.35. The molecule has 3 heterocycles. The first-order chi connectivity index (χ1) is 19.0. The lowest BCUT2D eigenvalue weighted by molar-refractivity contribution is -0.121. The summed E-state index contributed by atoms with van der Waals surface area (Å²) in [5.74, 6) is 0.151. The van der Waals surface area contributed by atoms with Gasteiger partial charge in [0, 0.05) is 35.6 Å². The van der Waals surface area contributed by atoms with E-state index in [-0.39, 0.29) is 24.6 Å². The van der Waals surface area contributed by atoms with E-state index in [4.69, 9.17) is 5.73 Å². The summed E-state index contributed by atoms with van der Waals surface area (Å²) in [5, 5.41) is 4.80. The molecule has 5 aromatic rings. The zero-order chi connectivity index (χ0) is 27.2. The number of carbonyl (C=O) groups is 1. The Morgan fingerprint density at radius 1 is 0.974 bits per heavy atom. The van der Waals surface area contributed by atoms with Crippen molar-refractivity contribution in [3.63, 3.8) is 0 Å². The minimum Gasteiger partial charge on any atom is -0.384 e. The average Bonchev–Trinajstić information content (AvgIpc) is 2.95. The molecular weight excluding hydrogens is 488 g/mol. The van der Waals surface area contributed by atoms with Crippen LogP contribution in [0.15, 0.2) is 90.1 Å². The van der Waals surface area contributed by atoms with E-state index in [1.165, 1.54) is 10.1 Å². The van der Waals surface area contributed by atoms with Crippen molar-refractivity contribution in [3.05, 3.63) is 118 Å². The maximum absolute atomic E-state index is 13.7. The van der Waals surface area contributed by atoms with Crippen molar-refractivity contribution in [1.82, 2.24) is 24.8 Å². The van der Waals surface area contributed by atoms with Gasteiger partial charge in [0.2, 0.25) is 5.91 Å². The van der Waals surface area contributed by atoms with Crippen LogP contribution in [-0.4, -0.2) is 25.4 Å². The molecule has 8 nitrogen and oxygen atoms in total. The van der Waals surface area contributed by atoms with E-state index in [9.17, 15) is 9.59 Å². The third kappa shape index (κ3) is 6.01. The quantitative estimate of drug-likeness (QED) is 0.302. The summed E-state index contributed by atoms with van der Waals surface area (Å²) in [6, 6.07) is 21.4. The van der Waals surface area contributed by atoms with E-state index in [0.29, 0.717) is 23.6 Å². The first-order valence-electron chi connectivity index (χ1n) is 12.9. The molecule has 0 fully saturated rings. The van der Waals surface area contributed by atoms with Crippen molar-refractivity contribution in [2.24, 2.45) is 0 Å². The van der Waals surface area contributed by atoms with Gasteiger partial charge in [-0.25, -0.2) is 4.98 Å². The molecule has 1 amide bonds. The van der Waals surface area contributed by atoms with Gasteiger partial charge in [0.15, 0.2) is 0 Å². The molecule has 39 heavy (non-hydrogen) atoms. The highest BCUT2D eigenvalue weighted by molar-refractivity contribution is 5.95. The van der Waals surface area contributed by atoms with E-state index < -0.39 is 0 Å². The molecule has 5 rings (SSSR count). The van der Waals surface area contributed by atoms with Crippen molar-refractivity contribution in [2.45, 2.75) is 39.3 Å². The van der Waals surface area contributed by atoms with Crippen LogP contribution >= 0.6 is 0 Å². The molecular formula is C31H30N6O2. The SMILES string of the molecule is Cc1nc(N)ccc1CNC(=O)Cn1c(-c2cccc3cnccc23)cnc(CCCc2ccccc2)c1=O. The standard InChI is InChI=1S/C31H30N6O2/c1-21-23(13-14-29(32)36-21)18-35-30(38)20-37-28(26-11-6-10-24-17-33-16-15-25(24)26)19-34-27(31(37)39)12-5-9-22-7-3-2-4-8-22/h2-4,6-8,10-11,13-17,19H,5,9,12,18,20H2,1H3,(H2,32,36)(H,35,38). The molecule has 0 bridgehead atoms. The van der Waals surface area contributed by atoms with E-state index in [2.05, 4.69) is 32.4 Å². The third-order valence-electron chi connectivity index (χ3n) is 6.80. The minimum absolute atomic E-state index is 0.134. The van der Waals surface area contributed by atoms with Gasteiger partial charge < -0.3 is 11.1 Å². The molecule has 0 atom stereocenters. The molecule has 0 radical (unpaired) electrons. The number of nitrogen functional groups attached to an aromatic ring is 1. The van der Waals surface area contributed by atoms with Crippen molar-refractivity contribution < 1.29 is 4.79 Å². The molecule has 0 aliphatic carbocycles. The number of carbonyl (C=O) groups excluding carboxylic acids is 1. The second-order valence-electron chi connectivity index (χ2n) is 9.48. The topological polar surface area (TPSA) is 116 Å². The molecule has 3 N–H and O–H groups in total. The molecule has 0 unspecified atom stereocenters. The Hall–Kier alpha value is -4.85. The van der Waals surface area contributed by atoms with Crippen LogP contribution in [0.3, 0.4) is 0 Å². The number of pyridine rings is 2. The molecule has 0 aliphatic heterocycles. The number of fused-ring (bicyclic) bond motifs is 1. The Labute approximate surface area is 226 Å². The molecule has 8 heteroatoms. The van der Waals surface area contributed by atoms with Crippen LogP contribution in [0.25, 0.3) is 22.0 Å². The fraction of sp³-hybridized carbons (Fsp3) is 0.194. The van der Waals surface area contributed by atoms with Crippen LogP contribution in [0.5, 0.6) is 0 Å². The van der Waals surface area contributed by atoms with Crippen molar-refractivity contribution >= 4 is 22.5 Å². The number of amides is 1. The van der Waals surface area contributed by atoms with E-state index in [0.717, 1.165) is 40.4 Å². The predicted molar refractivity (Wildman–Crippen MR) is 153 cm³/mol. The Bertz CT molecular complexity index is 1680. The number of nitrogens with one attached hydrogen (secondary N) is 1. The van der Waals surface area contributed by atoms with Gasteiger partial charge in [-0.2, -0.15) is 0 Å². The molecule has 196 valence electrons. The van der Waals surface area contributed by atoms with Gasteiger partial charge in [0.1, 0.15) is 18.1 Å². The lowest BCUT2D eigenvalue weighted by atomic mass is 10.0. The molecule has 0 saturated carbocycles. The number of nitrogens with two attached hydrogens (primary N) is 1. The summed E-state index contributed by atoms with van der Waals surface area (Å²) in [4.78, 5) is 39.9. The van der Waals surface area contributed by atoms with Crippen LogP contribution in [0.1, 0.15) is 28.9 Å². The second-order valence-corrected chi connectivity index (χ2v) is 9.48. The number of hydrogen-bond donors (Lipinski definition) is 2. The van der Waals surface area contributed by atoms with Gasteiger partial charge in [0.25, 0.3) is 5.56 Å². The van der Waals surface area contributed by atoms with Crippen LogP contribution in [0.4, 0.5) is 5.82 Å². The number of nitrogens with zero attached hydrogens (tertiary/aromatic N) is 4. The van der Waals surface area contributed by atoms with Gasteiger partial charge >= 0.3 is 0 Å². The first-order valence-corrected chi connectivity index (χ1v) is 12.9. The minimum atomic E-state index is -0.280. The summed E-state index contributed by atoms with van der Waals surface area (Å²) in [6.45, 7) is 2.00. The van der Waals surface area contributed by atoms with Gasteiger partial charge in [-0.1, -0.05) is 54.6 Å². The lowest BCUT2D eigenvalue weighted by Gasteiger charge is -2.16. The highest BCUT2D eigenvalue weighted by Gasteiger charge is 2.17. The number of aryl methyl sites for hydroxylation is 3. The van der Waals surface area contributed by atoms with E-state index in [1.807, 2.05) is 55.5 Å². The van der Waals surface area contributed by atoms with Crippen LogP contribution in [-0.2, 0) is 30.7 Å². The smallest absolute Gasteiger partial charge is 0.273 e. The fourth-order valence-corrected chi connectivity index (χ4v) is 4.71. The van der Waals surface area contributed by atoms with Crippen LogP contribution in [0, 0.1) is 6.92 Å². The maximum atomic E-state index is 13.7. The normalized spacial score (nSPS) is 11.0. The maximum Gasteiger partial charge on any atom is 0.273 e. The Kier molecular flexibility index (Phi) is 7.73. The van der Waals surface area contributed by atoms with Gasteiger partial charge in [0.05, 0.1) is 11.9 Å². The molecule has 0 spiro atoms. The molecule has 0 aliphatic rings. The fourth-order valence-electron chi connectivity index (χ4n) is 4.71. The zero-order valence-electron chi connectivity index (χ0n) is 21.8. The predicted octanol–water partition coefficient (Wildman–Crippen LogP) is 4.24. The number of benzene rings is 2. The van der Waals surface area contributed by atoms with Gasteiger partial charge in [-0.05, 0) is 54.8 Å². The van der Waals surface area contributed by atoms with Crippen molar-refractivity contribution in [3.8, 4) is 11.3 Å². The Balaban J connectivity index is 1.44. The summed E-state index contributed by atoms with van der Waals surface area (Å²) in [6.07, 6.45) is 7.34. The van der Waals surface area contributed by atoms with Crippen LogP contribution in [0.2, 0.25) is 0 Å². The van der Waals surface area contributed by atoms with Gasteiger partial charge in [-0.15, -0.1) is 0 Å². The average molecular weight is 519 g/mol.